The summed E-state index contributed by atoms with van der Waals surface area (Å²) in [6.07, 6.45) is 0.971. The average Bonchev–Trinajstić information content (AvgIpc) is 2.96. The van der Waals surface area contributed by atoms with Gasteiger partial charge in [0.1, 0.15) is 0 Å². The molecule has 0 bridgehead atoms. The molecule has 1 saturated heterocycles. The Hall–Kier alpha value is -2.83. The van der Waals surface area contributed by atoms with Crippen LogP contribution < -0.4 is 5.32 Å². The predicted octanol–water partition coefficient (Wildman–Crippen LogP) is 2.82. The number of benzene rings is 1. The first kappa shape index (κ1) is 17.0. The van der Waals surface area contributed by atoms with E-state index in [0.717, 1.165) is 11.4 Å². The van der Waals surface area contributed by atoms with Crippen LogP contribution in [0.4, 0.5) is 10.6 Å². The van der Waals surface area contributed by atoms with E-state index in [2.05, 4.69) is 10.4 Å². The number of urea groups is 1. The molecule has 2 amide bonds. The second-order valence-corrected chi connectivity index (χ2v) is 6.45. The number of anilines is 1. The maximum atomic E-state index is 12.4. The zero-order chi connectivity index (χ0) is 18.0. The largest absolute Gasteiger partial charge is 0.481 e. The summed E-state index contributed by atoms with van der Waals surface area (Å²) in [6.45, 7) is 4.85. The molecule has 1 aromatic heterocycles. The average molecular weight is 342 g/mol. The highest BCUT2D eigenvalue weighted by atomic mass is 16.4. The minimum absolute atomic E-state index is 0.239. The summed E-state index contributed by atoms with van der Waals surface area (Å²) in [7, 11) is 0. The molecule has 1 fully saturated rings. The number of carbonyl (C=O) groups excluding carboxylic acids is 1. The van der Waals surface area contributed by atoms with Crippen LogP contribution in [0.5, 0.6) is 0 Å². The van der Waals surface area contributed by atoms with Gasteiger partial charge in [-0.15, -0.1) is 5.10 Å². The molecule has 25 heavy (non-hydrogen) atoms. The zero-order valence-corrected chi connectivity index (χ0v) is 14.4. The minimum atomic E-state index is -0.785. The standard InChI is InChI=1S/C18H22N4O3/c1-12-3-5-15(6-4-12)22-13(2)11-16(20-22)19-18(25)21-9-7-14(8-10-21)17(23)24/h3-6,11,14H,7-10H2,1-2H3,(H,23,24)(H,19,20,25). The van der Waals surface area contributed by atoms with E-state index in [4.69, 9.17) is 5.11 Å². The van der Waals surface area contributed by atoms with Crippen LogP contribution in [-0.4, -0.2) is 44.9 Å². The summed E-state index contributed by atoms with van der Waals surface area (Å²) in [6, 6.07) is 9.58. The summed E-state index contributed by atoms with van der Waals surface area (Å²) in [5.74, 6) is -0.650. The van der Waals surface area contributed by atoms with E-state index < -0.39 is 5.97 Å². The number of hydrogen-bond donors (Lipinski definition) is 2. The van der Waals surface area contributed by atoms with Gasteiger partial charge in [0.25, 0.3) is 0 Å². The molecule has 2 aromatic rings. The van der Waals surface area contributed by atoms with Gasteiger partial charge in [0.05, 0.1) is 11.6 Å². The lowest BCUT2D eigenvalue weighted by Crippen LogP contribution is -2.42. The normalized spacial score (nSPS) is 15.2. The monoisotopic (exact) mass is 342 g/mol. The SMILES string of the molecule is Cc1ccc(-n2nc(NC(=O)N3CCC(C(=O)O)CC3)cc2C)cc1. The van der Waals surface area contributed by atoms with Crippen LogP contribution in [0.3, 0.4) is 0 Å². The second-order valence-electron chi connectivity index (χ2n) is 6.45. The molecule has 0 radical (unpaired) electrons. The topological polar surface area (TPSA) is 87.5 Å². The van der Waals surface area contributed by atoms with Crippen molar-refractivity contribution in [3.8, 4) is 5.69 Å². The van der Waals surface area contributed by atoms with Gasteiger partial charge >= 0.3 is 12.0 Å². The van der Waals surface area contributed by atoms with Crippen molar-refractivity contribution >= 4 is 17.8 Å². The highest BCUT2D eigenvalue weighted by Gasteiger charge is 2.27. The van der Waals surface area contributed by atoms with E-state index in [1.807, 2.05) is 44.2 Å². The lowest BCUT2D eigenvalue weighted by Gasteiger charge is -2.29. The minimum Gasteiger partial charge on any atom is -0.481 e. The molecule has 132 valence electrons. The maximum absolute atomic E-state index is 12.4. The van der Waals surface area contributed by atoms with Crippen LogP contribution in [-0.2, 0) is 4.79 Å². The first-order chi connectivity index (χ1) is 11.9. The van der Waals surface area contributed by atoms with Crippen molar-refractivity contribution in [2.45, 2.75) is 26.7 Å². The molecule has 2 N–H and O–H groups in total. The lowest BCUT2D eigenvalue weighted by atomic mass is 9.97. The number of aryl methyl sites for hydroxylation is 2. The van der Waals surface area contributed by atoms with Crippen molar-refractivity contribution in [2.24, 2.45) is 5.92 Å². The molecule has 0 aliphatic carbocycles. The molecule has 7 heteroatoms. The fraction of sp³-hybridized carbons (Fsp3) is 0.389. The number of aliphatic carboxylic acids is 1. The van der Waals surface area contributed by atoms with Gasteiger partial charge in [-0.05, 0) is 38.8 Å². The van der Waals surface area contributed by atoms with Crippen LogP contribution in [0, 0.1) is 19.8 Å². The Balaban J connectivity index is 1.65. The summed E-state index contributed by atoms with van der Waals surface area (Å²) >= 11 is 0. The molecule has 1 aliphatic rings. The van der Waals surface area contributed by atoms with Crippen LogP contribution in [0.1, 0.15) is 24.1 Å². The highest BCUT2D eigenvalue weighted by Crippen LogP contribution is 2.19. The number of nitrogens with one attached hydrogen (secondary N) is 1. The molecule has 7 nitrogen and oxygen atoms in total. The second kappa shape index (κ2) is 6.96. The highest BCUT2D eigenvalue weighted by molar-refractivity contribution is 5.88. The fourth-order valence-electron chi connectivity index (χ4n) is 3.00. The van der Waals surface area contributed by atoms with Crippen LogP contribution >= 0.6 is 0 Å². The number of carboxylic acids is 1. The maximum Gasteiger partial charge on any atom is 0.323 e. The Bertz CT molecular complexity index is 774. The number of carboxylic acid groups (broad SMARTS) is 1. The molecule has 0 saturated carbocycles. The summed E-state index contributed by atoms with van der Waals surface area (Å²) < 4.78 is 1.78. The smallest absolute Gasteiger partial charge is 0.323 e. The van der Waals surface area contributed by atoms with E-state index in [1.165, 1.54) is 5.56 Å². The molecule has 0 atom stereocenters. The molecule has 1 aliphatic heterocycles. The number of carbonyl (C=O) groups is 2. The molecule has 0 unspecified atom stereocenters. The van der Waals surface area contributed by atoms with Gasteiger partial charge in [-0.3, -0.25) is 10.1 Å². The third-order valence-electron chi connectivity index (χ3n) is 4.53. The Morgan fingerprint density at radius 1 is 1.16 bits per heavy atom. The Labute approximate surface area is 146 Å². The molecular formula is C18H22N4O3. The first-order valence-electron chi connectivity index (χ1n) is 8.36. The van der Waals surface area contributed by atoms with Crippen LogP contribution in [0.25, 0.3) is 5.69 Å². The first-order valence-corrected chi connectivity index (χ1v) is 8.36. The number of piperidine rings is 1. The summed E-state index contributed by atoms with van der Waals surface area (Å²) in [5.41, 5.74) is 3.03. The van der Waals surface area contributed by atoms with E-state index in [-0.39, 0.29) is 11.9 Å². The lowest BCUT2D eigenvalue weighted by molar-refractivity contribution is -0.143. The molecule has 0 spiro atoms. The van der Waals surface area contributed by atoms with E-state index in [1.54, 1.807) is 9.58 Å². The van der Waals surface area contributed by atoms with E-state index >= 15 is 0 Å². The third-order valence-corrected chi connectivity index (χ3v) is 4.53. The Kier molecular flexibility index (Phi) is 4.74. The Morgan fingerprint density at radius 3 is 2.40 bits per heavy atom. The fourth-order valence-corrected chi connectivity index (χ4v) is 3.00. The molecule has 1 aromatic carbocycles. The molecule has 2 heterocycles. The van der Waals surface area contributed by atoms with Gasteiger partial charge in [0, 0.05) is 24.8 Å². The van der Waals surface area contributed by atoms with Crippen molar-refractivity contribution in [3.05, 3.63) is 41.6 Å². The van der Waals surface area contributed by atoms with Gasteiger partial charge in [0.2, 0.25) is 0 Å². The van der Waals surface area contributed by atoms with E-state index in [0.29, 0.717) is 31.7 Å². The molecular weight excluding hydrogens is 320 g/mol. The number of aromatic nitrogens is 2. The third kappa shape index (κ3) is 3.81. The van der Waals surface area contributed by atoms with Gasteiger partial charge in [-0.25, -0.2) is 9.48 Å². The van der Waals surface area contributed by atoms with Crippen molar-refractivity contribution in [1.82, 2.24) is 14.7 Å². The van der Waals surface area contributed by atoms with Crippen LogP contribution in [0.15, 0.2) is 30.3 Å². The summed E-state index contributed by atoms with van der Waals surface area (Å²) in [4.78, 5) is 25.0. The van der Waals surface area contributed by atoms with Gasteiger partial charge in [-0.2, -0.15) is 0 Å². The van der Waals surface area contributed by atoms with Crippen molar-refractivity contribution < 1.29 is 14.7 Å². The zero-order valence-electron chi connectivity index (χ0n) is 14.4. The van der Waals surface area contributed by atoms with E-state index in [9.17, 15) is 9.59 Å². The quantitative estimate of drug-likeness (QED) is 0.898. The molecule has 3 rings (SSSR count). The van der Waals surface area contributed by atoms with Crippen molar-refractivity contribution in [3.63, 3.8) is 0 Å². The number of rotatable bonds is 3. The number of hydrogen-bond acceptors (Lipinski definition) is 3. The van der Waals surface area contributed by atoms with Gasteiger partial charge in [0.15, 0.2) is 5.82 Å². The Morgan fingerprint density at radius 2 is 1.80 bits per heavy atom. The predicted molar refractivity (Wildman–Crippen MR) is 94.0 cm³/mol. The van der Waals surface area contributed by atoms with Crippen molar-refractivity contribution in [2.75, 3.05) is 18.4 Å². The number of likely N-dealkylation sites (tertiary alicyclic amines) is 1. The number of nitrogens with zero attached hydrogens (tertiary/aromatic N) is 3. The van der Waals surface area contributed by atoms with Crippen molar-refractivity contribution in [1.29, 1.82) is 0 Å². The summed E-state index contributed by atoms with van der Waals surface area (Å²) in [5, 5.41) is 16.3. The van der Waals surface area contributed by atoms with Crippen LogP contribution in [0.2, 0.25) is 0 Å². The number of amides is 2. The van der Waals surface area contributed by atoms with Gasteiger partial charge in [-0.1, -0.05) is 17.7 Å². The van der Waals surface area contributed by atoms with Gasteiger partial charge < -0.3 is 10.0 Å².